The molecule has 0 aliphatic carbocycles. The Morgan fingerprint density at radius 1 is 0.974 bits per heavy atom. The minimum absolute atomic E-state index is 0.0455. The fourth-order valence-corrected chi connectivity index (χ4v) is 5.66. The van der Waals surface area contributed by atoms with Crippen LogP contribution in [0.15, 0.2) is 88.2 Å². The van der Waals surface area contributed by atoms with Crippen molar-refractivity contribution in [3.63, 3.8) is 0 Å². The maximum absolute atomic E-state index is 14.9. The number of carbonyl (C=O) groups is 2. The van der Waals surface area contributed by atoms with Gasteiger partial charge in [0.2, 0.25) is 11.8 Å². The topological polar surface area (TPSA) is 86.8 Å². The van der Waals surface area contributed by atoms with E-state index < -0.39 is 34.3 Å². The highest BCUT2D eigenvalue weighted by Crippen LogP contribution is 2.27. The molecule has 7 nitrogen and oxygen atoms in total. The number of benzene rings is 3. The molecule has 0 spiro atoms. The van der Waals surface area contributed by atoms with Gasteiger partial charge in [-0.15, -0.1) is 0 Å². The molecule has 3 aromatic carbocycles. The van der Waals surface area contributed by atoms with Gasteiger partial charge in [-0.05, 0) is 62.2 Å². The number of nitrogens with zero attached hydrogens (tertiary/aromatic N) is 2. The third kappa shape index (κ3) is 7.20. The molecule has 0 radical (unpaired) electrons. The second kappa shape index (κ2) is 13.0. The number of nitrogens with one attached hydrogen (secondary N) is 1. The summed E-state index contributed by atoms with van der Waals surface area (Å²) in [5.41, 5.74) is 0.475. The molecule has 0 saturated heterocycles. The van der Waals surface area contributed by atoms with E-state index in [9.17, 15) is 22.4 Å². The van der Waals surface area contributed by atoms with Crippen LogP contribution in [0.25, 0.3) is 0 Å². The van der Waals surface area contributed by atoms with Gasteiger partial charge in [-0.2, -0.15) is 0 Å². The molecule has 0 fully saturated rings. The van der Waals surface area contributed by atoms with Gasteiger partial charge in [-0.1, -0.05) is 65.3 Å². The molecule has 0 saturated carbocycles. The van der Waals surface area contributed by atoms with E-state index in [1.54, 1.807) is 37.3 Å². The smallest absolute Gasteiger partial charge is 0.264 e. The van der Waals surface area contributed by atoms with E-state index in [0.29, 0.717) is 6.42 Å². The summed E-state index contributed by atoms with van der Waals surface area (Å²) in [5.74, 6) is -1.81. The molecule has 1 N–H and O–H groups in total. The van der Waals surface area contributed by atoms with Crippen molar-refractivity contribution in [2.45, 2.75) is 50.7 Å². The number of amides is 2. The van der Waals surface area contributed by atoms with Gasteiger partial charge in [0.1, 0.15) is 18.4 Å². The Labute approximate surface area is 231 Å². The fourth-order valence-electron chi connectivity index (χ4n) is 3.77. The minimum atomic E-state index is -4.32. The van der Waals surface area contributed by atoms with Crippen molar-refractivity contribution < 1.29 is 22.4 Å². The molecule has 10 heteroatoms. The monoisotopic (exact) mass is 603 g/mol. The van der Waals surface area contributed by atoms with Gasteiger partial charge in [0.05, 0.1) is 10.6 Å². The fraction of sp³-hybridized carbons (Fsp3) is 0.286. The van der Waals surface area contributed by atoms with Crippen molar-refractivity contribution in [3.05, 3.63) is 94.7 Å². The summed E-state index contributed by atoms with van der Waals surface area (Å²) in [4.78, 5) is 28.1. The molecule has 0 aromatic heterocycles. The summed E-state index contributed by atoms with van der Waals surface area (Å²) in [6, 6.07) is 19.1. The van der Waals surface area contributed by atoms with Crippen molar-refractivity contribution in [3.8, 4) is 0 Å². The van der Waals surface area contributed by atoms with Crippen molar-refractivity contribution in [1.82, 2.24) is 10.2 Å². The van der Waals surface area contributed by atoms with Crippen LogP contribution in [0.5, 0.6) is 0 Å². The molecule has 3 aromatic rings. The Morgan fingerprint density at radius 3 is 2.26 bits per heavy atom. The average molecular weight is 605 g/mol. The molecule has 0 aliphatic heterocycles. The summed E-state index contributed by atoms with van der Waals surface area (Å²) in [6.45, 7) is 4.72. The third-order valence-corrected chi connectivity index (χ3v) is 8.41. The lowest BCUT2D eigenvalue weighted by atomic mass is 10.1. The van der Waals surface area contributed by atoms with Gasteiger partial charge in [0.15, 0.2) is 0 Å². The number of para-hydroxylation sites is 1. The molecule has 0 unspecified atom stereocenters. The summed E-state index contributed by atoms with van der Waals surface area (Å²) in [5, 5.41) is 2.88. The zero-order valence-electron chi connectivity index (χ0n) is 21.5. The first-order valence-corrected chi connectivity index (χ1v) is 14.4. The first kappa shape index (κ1) is 29.3. The van der Waals surface area contributed by atoms with Crippen LogP contribution in [-0.4, -0.2) is 43.8 Å². The highest BCUT2D eigenvalue weighted by atomic mass is 79.9. The van der Waals surface area contributed by atoms with Crippen LogP contribution in [0.3, 0.4) is 0 Å². The predicted octanol–water partition coefficient (Wildman–Crippen LogP) is 5.12. The molecular formula is C28H31BrFN3O4S. The summed E-state index contributed by atoms with van der Waals surface area (Å²) in [6.07, 6.45) is 0.703. The molecule has 202 valence electrons. The normalized spacial score (nSPS) is 12.9. The first-order valence-electron chi connectivity index (χ1n) is 12.2. The van der Waals surface area contributed by atoms with Crippen LogP contribution in [0.4, 0.5) is 10.1 Å². The molecule has 38 heavy (non-hydrogen) atoms. The molecule has 0 bridgehead atoms. The van der Waals surface area contributed by atoms with Crippen molar-refractivity contribution in [2.75, 3.05) is 10.8 Å². The lowest BCUT2D eigenvalue weighted by Crippen LogP contribution is -2.52. The summed E-state index contributed by atoms with van der Waals surface area (Å²) >= 11 is 3.42. The summed E-state index contributed by atoms with van der Waals surface area (Å²) < 4.78 is 43.7. The van der Waals surface area contributed by atoms with E-state index in [0.717, 1.165) is 20.4 Å². The molecular weight excluding hydrogens is 573 g/mol. The van der Waals surface area contributed by atoms with E-state index in [-0.39, 0.29) is 29.1 Å². The minimum Gasteiger partial charge on any atom is -0.352 e. The lowest BCUT2D eigenvalue weighted by Gasteiger charge is -2.32. The molecule has 0 heterocycles. The molecule has 0 aliphatic rings. The number of sulfonamides is 1. The van der Waals surface area contributed by atoms with Crippen molar-refractivity contribution >= 4 is 43.5 Å². The Morgan fingerprint density at radius 2 is 1.63 bits per heavy atom. The average Bonchev–Trinajstić information content (AvgIpc) is 2.90. The number of rotatable bonds is 11. The van der Waals surface area contributed by atoms with E-state index in [2.05, 4.69) is 21.2 Å². The number of carbonyl (C=O) groups excluding carboxylic acids is 2. The van der Waals surface area contributed by atoms with Gasteiger partial charge < -0.3 is 10.2 Å². The SMILES string of the molecule is CC[C@@H](C)NC(=O)[C@@H](C)N(Cc1cccc(Br)c1)C(=O)CN(c1ccccc1F)S(=O)(=O)c1ccccc1. The Bertz CT molecular complexity index is 1370. The highest BCUT2D eigenvalue weighted by Gasteiger charge is 2.33. The Hall–Kier alpha value is -3.24. The van der Waals surface area contributed by atoms with E-state index >= 15 is 0 Å². The highest BCUT2D eigenvalue weighted by molar-refractivity contribution is 9.10. The Kier molecular flexibility index (Phi) is 10.0. The molecule has 3 rings (SSSR count). The first-order chi connectivity index (χ1) is 18.0. The zero-order chi connectivity index (χ0) is 27.9. The Balaban J connectivity index is 2.03. The van der Waals surface area contributed by atoms with Gasteiger partial charge >= 0.3 is 0 Å². The van der Waals surface area contributed by atoms with Crippen LogP contribution in [0, 0.1) is 5.82 Å². The second-order valence-corrected chi connectivity index (χ2v) is 11.7. The lowest BCUT2D eigenvalue weighted by molar-refractivity contribution is -0.139. The van der Waals surface area contributed by atoms with E-state index in [1.807, 2.05) is 26.0 Å². The largest absolute Gasteiger partial charge is 0.352 e. The maximum atomic E-state index is 14.9. The number of hydrogen-bond donors (Lipinski definition) is 1. The number of hydrogen-bond acceptors (Lipinski definition) is 4. The zero-order valence-corrected chi connectivity index (χ0v) is 23.9. The van der Waals surface area contributed by atoms with Crippen LogP contribution in [0.1, 0.15) is 32.8 Å². The van der Waals surface area contributed by atoms with Gasteiger partial charge in [0, 0.05) is 17.1 Å². The number of anilines is 1. The predicted molar refractivity (Wildman–Crippen MR) is 149 cm³/mol. The van der Waals surface area contributed by atoms with Crippen LogP contribution in [-0.2, 0) is 26.2 Å². The quantitative estimate of drug-likeness (QED) is 0.330. The summed E-state index contributed by atoms with van der Waals surface area (Å²) in [7, 11) is -4.32. The van der Waals surface area contributed by atoms with Crippen LogP contribution < -0.4 is 9.62 Å². The van der Waals surface area contributed by atoms with Crippen LogP contribution >= 0.6 is 15.9 Å². The third-order valence-electron chi connectivity index (χ3n) is 6.14. The van der Waals surface area contributed by atoms with Crippen LogP contribution in [0.2, 0.25) is 0 Å². The van der Waals surface area contributed by atoms with Gasteiger partial charge in [-0.3, -0.25) is 13.9 Å². The van der Waals surface area contributed by atoms with Crippen molar-refractivity contribution in [1.29, 1.82) is 0 Å². The standard InChI is InChI=1S/C28H31BrFN3O4S/c1-4-20(2)31-28(35)21(3)32(18-22-11-10-12-23(29)17-22)27(34)19-33(26-16-9-8-15-25(26)30)38(36,37)24-13-6-5-7-14-24/h5-17,20-21H,4,18-19H2,1-3H3,(H,31,35)/t20-,21-/m1/s1. The molecule has 2 amide bonds. The van der Waals surface area contributed by atoms with Crippen molar-refractivity contribution in [2.24, 2.45) is 0 Å². The van der Waals surface area contributed by atoms with E-state index in [4.69, 9.17) is 0 Å². The number of halogens is 2. The van der Waals surface area contributed by atoms with Gasteiger partial charge in [0.25, 0.3) is 10.0 Å². The maximum Gasteiger partial charge on any atom is 0.264 e. The second-order valence-electron chi connectivity index (χ2n) is 8.92. The molecule has 2 atom stereocenters. The van der Waals surface area contributed by atoms with E-state index in [1.165, 1.54) is 35.2 Å². The van der Waals surface area contributed by atoms with Gasteiger partial charge in [-0.25, -0.2) is 12.8 Å².